The molecule has 21 heavy (non-hydrogen) atoms. The van der Waals surface area contributed by atoms with Gasteiger partial charge in [-0.05, 0) is 64.6 Å². The average molecular weight is 295 g/mol. The lowest BCUT2D eigenvalue weighted by atomic mass is 9.96. The van der Waals surface area contributed by atoms with E-state index in [4.69, 9.17) is 0 Å². The fraction of sp³-hybridized carbons (Fsp3) is 0.684. The van der Waals surface area contributed by atoms with Gasteiger partial charge in [-0.25, -0.2) is 0 Å². The van der Waals surface area contributed by atoms with Crippen LogP contribution < -0.4 is 0 Å². The number of hydrogen-bond donors (Lipinski definition) is 0. The van der Waals surface area contributed by atoms with E-state index in [0.29, 0.717) is 5.92 Å². The minimum absolute atomic E-state index is 0.541. The van der Waals surface area contributed by atoms with Crippen molar-refractivity contribution in [2.45, 2.75) is 41.0 Å². The second-order valence-electron chi connectivity index (χ2n) is 5.73. The fourth-order valence-electron chi connectivity index (χ4n) is 2.15. The summed E-state index contributed by atoms with van der Waals surface area (Å²) in [6.07, 6.45) is 7.55. The van der Waals surface area contributed by atoms with Crippen LogP contribution in [-0.2, 0) is 0 Å². The van der Waals surface area contributed by atoms with E-state index in [-0.39, 0.29) is 0 Å². The van der Waals surface area contributed by atoms with Crippen molar-refractivity contribution < 1.29 is 0 Å². The first-order valence-electron chi connectivity index (χ1n) is 8.23. The fourth-order valence-corrected chi connectivity index (χ4v) is 2.15. The summed E-state index contributed by atoms with van der Waals surface area (Å²) in [6.45, 7) is 17.8. The van der Waals surface area contributed by atoms with Crippen molar-refractivity contribution >= 4 is 0 Å². The molecule has 2 nitrogen and oxygen atoms in total. The molecule has 0 aliphatic rings. The van der Waals surface area contributed by atoms with Crippen LogP contribution in [0.4, 0.5) is 0 Å². The molecule has 0 atom stereocenters. The zero-order valence-electron chi connectivity index (χ0n) is 15.7. The van der Waals surface area contributed by atoms with Crippen molar-refractivity contribution in [1.29, 1.82) is 0 Å². The Labute approximate surface area is 134 Å². The van der Waals surface area contributed by atoms with E-state index in [9.17, 15) is 0 Å². The lowest BCUT2D eigenvalue weighted by Gasteiger charge is -2.21. The van der Waals surface area contributed by atoms with Crippen molar-refractivity contribution in [2.24, 2.45) is 5.92 Å². The average Bonchev–Trinajstić information content (AvgIpc) is 2.44. The van der Waals surface area contributed by atoms with Crippen molar-refractivity contribution in [2.75, 3.05) is 40.8 Å². The van der Waals surface area contributed by atoms with Crippen LogP contribution in [0, 0.1) is 5.92 Å². The second-order valence-corrected chi connectivity index (χ2v) is 5.73. The van der Waals surface area contributed by atoms with Gasteiger partial charge in [0, 0.05) is 6.54 Å². The highest BCUT2D eigenvalue weighted by Crippen LogP contribution is 2.18. The summed E-state index contributed by atoms with van der Waals surface area (Å²) in [5, 5.41) is 0. The quantitative estimate of drug-likeness (QED) is 0.573. The summed E-state index contributed by atoms with van der Waals surface area (Å²) in [6, 6.07) is 0. The molecular formula is C19H38N2. The van der Waals surface area contributed by atoms with Gasteiger partial charge >= 0.3 is 0 Å². The first-order chi connectivity index (χ1) is 9.92. The summed E-state index contributed by atoms with van der Waals surface area (Å²) >= 11 is 0. The summed E-state index contributed by atoms with van der Waals surface area (Å²) in [5.41, 5.74) is 2.75. The predicted molar refractivity (Wildman–Crippen MR) is 98.9 cm³/mol. The molecule has 0 aliphatic heterocycles. The Morgan fingerprint density at radius 2 is 1.67 bits per heavy atom. The Balaban J connectivity index is 0. The van der Waals surface area contributed by atoms with Gasteiger partial charge in [-0.3, -0.25) is 0 Å². The molecule has 0 spiro atoms. The van der Waals surface area contributed by atoms with Crippen LogP contribution in [-0.4, -0.2) is 50.6 Å². The lowest BCUT2D eigenvalue weighted by Crippen LogP contribution is -2.26. The third-order valence-corrected chi connectivity index (χ3v) is 3.17. The number of rotatable bonds is 9. The van der Waals surface area contributed by atoms with Gasteiger partial charge in [0.1, 0.15) is 0 Å². The molecule has 2 heteroatoms. The van der Waals surface area contributed by atoms with Crippen LogP contribution >= 0.6 is 0 Å². The number of allylic oxidation sites excluding steroid dienone is 3. The third kappa shape index (κ3) is 11.5. The van der Waals surface area contributed by atoms with Gasteiger partial charge in [0.2, 0.25) is 0 Å². The van der Waals surface area contributed by atoms with Gasteiger partial charge in [0.25, 0.3) is 0 Å². The van der Waals surface area contributed by atoms with Crippen LogP contribution in [0.1, 0.15) is 41.0 Å². The second kappa shape index (κ2) is 14.1. The van der Waals surface area contributed by atoms with Gasteiger partial charge in [0.15, 0.2) is 0 Å². The molecular weight excluding hydrogens is 256 g/mol. The van der Waals surface area contributed by atoms with Gasteiger partial charge in [-0.1, -0.05) is 52.5 Å². The summed E-state index contributed by atoms with van der Waals surface area (Å²) in [4.78, 5) is 4.61. The maximum atomic E-state index is 3.98. The van der Waals surface area contributed by atoms with Crippen molar-refractivity contribution in [3.63, 3.8) is 0 Å². The Bertz CT molecular complexity index is 312. The normalized spacial score (nSPS) is 12.7. The van der Waals surface area contributed by atoms with E-state index >= 15 is 0 Å². The molecule has 0 radical (unpaired) electrons. The van der Waals surface area contributed by atoms with Gasteiger partial charge in [0.05, 0.1) is 0 Å². The molecule has 0 unspecified atom stereocenters. The molecule has 0 saturated heterocycles. The zero-order valence-corrected chi connectivity index (χ0v) is 15.7. The molecule has 0 fully saturated rings. The maximum Gasteiger partial charge on any atom is 0.0233 e. The van der Waals surface area contributed by atoms with Gasteiger partial charge < -0.3 is 9.80 Å². The van der Waals surface area contributed by atoms with E-state index in [1.165, 1.54) is 17.6 Å². The minimum atomic E-state index is 0.541. The highest BCUT2D eigenvalue weighted by molar-refractivity contribution is 5.34. The van der Waals surface area contributed by atoms with E-state index in [0.717, 1.165) is 19.6 Å². The van der Waals surface area contributed by atoms with Gasteiger partial charge in [-0.15, -0.1) is 0 Å². The Morgan fingerprint density at radius 1 is 1.10 bits per heavy atom. The largest absolute Gasteiger partial charge is 0.309 e. The SMILES string of the molecule is C=C/C(CN(C)CCCN(C)C)=C(\C=C/C)C(C)C.CC. The molecule has 0 aromatic carbocycles. The van der Waals surface area contributed by atoms with Crippen molar-refractivity contribution in [3.8, 4) is 0 Å². The van der Waals surface area contributed by atoms with Crippen molar-refractivity contribution in [3.05, 3.63) is 36.0 Å². The molecule has 0 heterocycles. The molecule has 0 bridgehead atoms. The minimum Gasteiger partial charge on any atom is -0.309 e. The van der Waals surface area contributed by atoms with Crippen LogP contribution in [0.5, 0.6) is 0 Å². The smallest absolute Gasteiger partial charge is 0.0233 e. The Morgan fingerprint density at radius 3 is 2.05 bits per heavy atom. The topological polar surface area (TPSA) is 6.48 Å². The van der Waals surface area contributed by atoms with Crippen LogP contribution in [0.2, 0.25) is 0 Å². The van der Waals surface area contributed by atoms with E-state index in [1.54, 1.807) is 0 Å². The van der Waals surface area contributed by atoms with Crippen molar-refractivity contribution in [1.82, 2.24) is 9.80 Å². The summed E-state index contributed by atoms with van der Waals surface area (Å²) < 4.78 is 0. The number of likely N-dealkylation sites (N-methyl/N-ethyl adjacent to an activating group) is 1. The Kier molecular flexibility index (Phi) is 15.0. The molecule has 124 valence electrons. The highest BCUT2D eigenvalue weighted by Gasteiger charge is 2.08. The van der Waals surface area contributed by atoms with Crippen LogP contribution in [0.15, 0.2) is 36.0 Å². The highest BCUT2D eigenvalue weighted by atomic mass is 15.1. The standard InChI is InChI=1S/C17H32N2.C2H6/c1-8-11-17(15(3)4)16(9-2)14-19(7)13-10-12-18(5)6;1-2/h8-9,11,15H,2,10,12-14H2,1,3-7H3;1-2H3/b11-8-,17-16-;. The molecule has 0 amide bonds. The Hall–Kier alpha value is -0.860. The summed E-state index contributed by atoms with van der Waals surface area (Å²) in [5.74, 6) is 0.541. The maximum absolute atomic E-state index is 3.98. The molecule has 0 aromatic heterocycles. The monoisotopic (exact) mass is 294 g/mol. The zero-order chi connectivity index (χ0) is 16.8. The first-order valence-corrected chi connectivity index (χ1v) is 8.23. The predicted octanol–water partition coefficient (Wildman–Crippen LogP) is 4.61. The molecule has 0 aromatic rings. The lowest BCUT2D eigenvalue weighted by molar-refractivity contribution is 0.318. The van der Waals surface area contributed by atoms with E-state index in [1.807, 2.05) is 19.9 Å². The molecule has 0 aliphatic carbocycles. The summed E-state index contributed by atoms with van der Waals surface area (Å²) in [7, 11) is 6.43. The third-order valence-electron chi connectivity index (χ3n) is 3.17. The van der Waals surface area contributed by atoms with E-state index in [2.05, 4.69) is 70.4 Å². The molecule has 0 rings (SSSR count). The molecule has 0 N–H and O–H groups in total. The van der Waals surface area contributed by atoms with Crippen LogP contribution in [0.3, 0.4) is 0 Å². The van der Waals surface area contributed by atoms with E-state index < -0.39 is 0 Å². The number of nitrogens with zero attached hydrogens (tertiary/aromatic N) is 2. The van der Waals surface area contributed by atoms with Crippen LogP contribution in [0.25, 0.3) is 0 Å². The molecule has 0 saturated carbocycles. The van der Waals surface area contributed by atoms with Gasteiger partial charge in [-0.2, -0.15) is 0 Å². The first kappa shape index (κ1) is 22.4. The number of hydrogen-bond acceptors (Lipinski definition) is 2.